The summed E-state index contributed by atoms with van der Waals surface area (Å²) >= 11 is 0. The normalized spacial score (nSPS) is 20.8. The van der Waals surface area contributed by atoms with Crippen molar-refractivity contribution in [2.45, 2.75) is 44.6 Å². The maximum absolute atomic E-state index is 13.3. The predicted molar refractivity (Wildman–Crippen MR) is 79.7 cm³/mol. The maximum Gasteiger partial charge on any atom is 0.248 e. The number of para-hydroxylation sites is 1. The topological polar surface area (TPSA) is 25.2 Å². The second-order valence-electron chi connectivity index (χ2n) is 6.10. The van der Waals surface area contributed by atoms with Crippen molar-refractivity contribution in [3.05, 3.63) is 35.6 Å². The maximum atomic E-state index is 13.3. The lowest BCUT2D eigenvalue weighted by molar-refractivity contribution is -0.0502. The van der Waals surface area contributed by atoms with E-state index in [9.17, 15) is 8.78 Å². The lowest BCUT2D eigenvalue weighted by atomic mass is 9.81. The number of alkyl halides is 2. The number of fused-ring (bicyclic) bond motifs is 1. The highest BCUT2D eigenvalue weighted by Gasteiger charge is 2.38. The van der Waals surface area contributed by atoms with Crippen molar-refractivity contribution in [2.24, 2.45) is 5.92 Å². The third-order valence-electron chi connectivity index (χ3n) is 4.61. The van der Waals surface area contributed by atoms with Crippen LogP contribution in [0.15, 0.2) is 28.7 Å². The van der Waals surface area contributed by atoms with Crippen LogP contribution in [-0.2, 0) is 0 Å². The Bertz CT molecular complexity index is 625. The Morgan fingerprint density at radius 3 is 2.62 bits per heavy atom. The average molecular weight is 293 g/mol. The van der Waals surface area contributed by atoms with Crippen LogP contribution in [-0.4, -0.2) is 13.0 Å². The number of benzene rings is 1. The standard InChI is InChI=1S/C17H21F2NO/c1-11-4-3-5-13-10-14(21-16(11)13)15(20-2)12-6-8-17(18,19)9-7-12/h3-5,10,12,15,20H,6-9H2,1-2H3. The smallest absolute Gasteiger partial charge is 0.248 e. The number of halogens is 2. The summed E-state index contributed by atoms with van der Waals surface area (Å²) in [7, 11) is 1.87. The summed E-state index contributed by atoms with van der Waals surface area (Å²) in [6.07, 6.45) is 1.03. The van der Waals surface area contributed by atoms with Gasteiger partial charge in [-0.05, 0) is 44.4 Å². The first-order valence-corrected chi connectivity index (χ1v) is 7.54. The summed E-state index contributed by atoms with van der Waals surface area (Å²) in [5.74, 6) is -1.42. The van der Waals surface area contributed by atoms with E-state index < -0.39 is 5.92 Å². The monoisotopic (exact) mass is 293 g/mol. The molecule has 0 spiro atoms. The number of hydrogen-bond donors (Lipinski definition) is 1. The molecule has 1 atom stereocenters. The number of rotatable bonds is 3. The summed E-state index contributed by atoms with van der Waals surface area (Å²) in [5.41, 5.74) is 2.00. The summed E-state index contributed by atoms with van der Waals surface area (Å²) < 4.78 is 32.7. The van der Waals surface area contributed by atoms with Crippen LogP contribution in [0.1, 0.15) is 43.0 Å². The second kappa shape index (κ2) is 5.41. The zero-order chi connectivity index (χ0) is 15.0. The van der Waals surface area contributed by atoms with Crippen molar-refractivity contribution in [3.63, 3.8) is 0 Å². The van der Waals surface area contributed by atoms with E-state index in [2.05, 4.69) is 5.32 Å². The van der Waals surface area contributed by atoms with Crippen LogP contribution in [0.25, 0.3) is 11.0 Å². The van der Waals surface area contributed by atoms with Gasteiger partial charge in [0.05, 0.1) is 6.04 Å². The van der Waals surface area contributed by atoms with Gasteiger partial charge in [-0.25, -0.2) is 8.78 Å². The molecule has 1 fully saturated rings. The van der Waals surface area contributed by atoms with Crippen molar-refractivity contribution in [2.75, 3.05) is 7.05 Å². The minimum absolute atomic E-state index is 0.00731. The molecule has 2 nitrogen and oxygen atoms in total. The lowest BCUT2D eigenvalue weighted by Crippen LogP contribution is -2.32. The van der Waals surface area contributed by atoms with Crippen LogP contribution in [0.2, 0.25) is 0 Å². The molecule has 0 aliphatic heterocycles. The van der Waals surface area contributed by atoms with Crippen LogP contribution in [0.5, 0.6) is 0 Å². The molecule has 0 bridgehead atoms. The SMILES string of the molecule is CNC(c1cc2cccc(C)c2o1)C1CCC(F)(F)CC1. The number of hydrogen-bond acceptors (Lipinski definition) is 2. The van der Waals surface area contributed by atoms with Crippen molar-refractivity contribution in [1.82, 2.24) is 5.32 Å². The van der Waals surface area contributed by atoms with Crippen molar-refractivity contribution in [1.29, 1.82) is 0 Å². The van der Waals surface area contributed by atoms with E-state index in [1.807, 2.05) is 38.2 Å². The van der Waals surface area contributed by atoms with Crippen LogP contribution in [0.3, 0.4) is 0 Å². The quantitative estimate of drug-likeness (QED) is 0.877. The van der Waals surface area contributed by atoms with Crippen LogP contribution in [0.4, 0.5) is 8.78 Å². The zero-order valence-electron chi connectivity index (χ0n) is 12.5. The summed E-state index contributed by atoms with van der Waals surface area (Å²) in [5, 5.41) is 4.33. The molecule has 1 N–H and O–H groups in total. The molecule has 4 heteroatoms. The van der Waals surface area contributed by atoms with Crippen molar-refractivity contribution < 1.29 is 13.2 Å². The van der Waals surface area contributed by atoms with E-state index >= 15 is 0 Å². The summed E-state index contributed by atoms with van der Waals surface area (Å²) in [6.45, 7) is 2.02. The van der Waals surface area contributed by atoms with E-state index in [0.29, 0.717) is 12.8 Å². The number of aryl methyl sites for hydroxylation is 1. The van der Waals surface area contributed by atoms with Gasteiger partial charge in [-0.2, -0.15) is 0 Å². The lowest BCUT2D eigenvalue weighted by Gasteiger charge is -2.32. The third-order valence-corrected chi connectivity index (χ3v) is 4.61. The second-order valence-corrected chi connectivity index (χ2v) is 6.10. The van der Waals surface area contributed by atoms with Gasteiger partial charge in [0.2, 0.25) is 5.92 Å². The van der Waals surface area contributed by atoms with E-state index in [1.165, 1.54) is 0 Å². The zero-order valence-corrected chi connectivity index (χ0v) is 12.5. The van der Waals surface area contributed by atoms with Gasteiger partial charge in [-0.1, -0.05) is 18.2 Å². The molecular weight excluding hydrogens is 272 g/mol. The van der Waals surface area contributed by atoms with Crippen molar-refractivity contribution >= 4 is 11.0 Å². The molecule has 1 aromatic carbocycles. The van der Waals surface area contributed by atoms with Crippen LogP contribution in [0, 0.1) is 12.8 Å². The minimum atomic E-state index is -2.49. The van der Waals surface area contributed by atoms with Crippen LogP contribution < -0.4 is 5.32 Å². The Kier molecular flexibility index (Phi) is 3.74. The van der Waals surface area contributed by atoms with Gasteiger partial charge in [0, 0.05) is 18.2 Å². The fourth-order valence-corrected chi connectivity index (χ4v) is 3.39. The fraction of sp³-hybridized carbons (Fsp3) is 0.529. The van der Waals surface area contributed by atoms with E-state index in [0.717, 1.165) is 22.3 Å². The Hall–Kier alpha value is -1.42. The van der Waals surface area contributed by atoms with Gasteiger partial charge in [0.15, 0.2) is 0 Å². The number of furan rings is 1. The predicted octanol–water partition coefficient (Wildman–Crippen LogP) is 4.83. The summed E-state index contributed by atoms with van der Waals surface area (Å²) in [6, 6.07) is 8.10. The summed E-state index contributed by atoms with van der Waals surface area (Å²) in [4.78, 5) is 0. The van der Waals surface area contributed by atoms with Crippen molar-refractivity contribution in [3.8, 4) is 0 Å². The molecule has 1 aliphatic rings. The van der Waals surface area contributed by atoms with Gasteiger partial charge in [-0.3, -0.25) is 0 Å². The first-order valence-electron chi connectivity index (χ1n) is 7.54. The largest absolute Gasteiger partial charge is 0.459 e. The Labute approximate surface area is 123 Å². The fourth-order valence-electron chi connectivity index (χ4n) is 3.39. The molecular formula is C17H21F2NO. The molecule has 1 unspecified atom stereocenters. The molecule has 3 rings (SSSR count). The first-order chi connectivity index (χ1) is 10.00. The molecule has 2 aromatic rings. The minimum Gasteiger partial charge on any atom is -0.459 e. The molecule has 1 aliphatic carbocycles. The highest BCUT2D eigenvalue weighted by atomic mass is 19.3. The molecule has 0 saturated heterocycles. The highest BCUT2D eigenvalue weighted by molar-refractivity contribution is 5.81. The highest BCUT2D eigenvalue weighted by Crippen LogP contribution is 2.42. The van der Waals surface area contributed by atoms with Gasteiger partial charge in [0.1, 0.15) is 11.3 Å². The molecule has 1 heterocycles. The Morgan fingerprint density at radius 1 is 1.29 bits per heavy atom. The Balaban J connectivity index is 1.87. The van der Waals surface area contributed by atoms with E-state index in [1.54, 1.807) is 0 Å². The van der Waals surface area contributed by atoms with Gasteiger partial charge >= 0.3 is 0 Å². The van der Waals surface area contributed by atoms with E-state index in [4.69, 9.17) is 4.42 Å². The molecule has 1 saturated carbocycles. The third kappa shape index (κ3) is 2.82. The van der Waals surface area contributed by atoms with Gasteiger partial charge < -0.3 is 9.73 Å². The molecule has 0 amide bonds. The molecule has 0 radical (unpaired) electrons. The average Bonchev–Trinajstić information content (AvgIpc) is 2.86. The molecule has 21 heavy (non-hydrogen) atoms. The molecule has 114 valence electrons. The van der Waals surface area contributed by atoms with E-state index in [-0.39, 0.29) is 24.8 Å². The van der Waals surface area contributed by atoms with Gasteiger partial charge in [0.25, 0.3) is 0 Å². The van der Waals surface area contributed by atoms with Crippen LogP contribution >= 0.6 is 0 Å². The Morgan fingerprint density at radius 2 is 2.00 bits per heavy atom. The number of nitrogens with one attached hydrogen (secondary N) is 1. The first kappa shape index (κ1) is 14.5. The molecule has 1 aromatic heterocycles. The van der Waals surface area contributed by atoms with Gasteiger partial charge in [-0.15, -0.1) is 0 Å².